The molecule has 7 heteroatoms. The van der Waals surface area contributed by atoms with Crippen molar-refractivity contribution in [2.45, 2.75) is 38.1 Å². The Morgan fingerprint density at radius 3 is 2.42 bits per heavy atom. The van der Waals surface area contributed by atoms with Crippen LogP contribution in [-0.4, -0.2) is 28.2 Å². The van der Waals surface area contributed by atoms with Gasteiger partial charge in [-0.2, -0.15) is 0 Å². The Morgan fingerprint density at radius 2 is 1.88 bits per heavy atom. The monoisotopic (exact) mass is 365 g/mol. The highest BCUT2D eigenvalue weighted by Gasteiger charge is 2.17. The van der Waals surface area contributed by atoms with Gasteiger partial charge < -0.3 is 10.1 Å². The smallest absolute Gasteiger partial charge is 0.237 e. The fraction of sp³-hybridized carbons (Fsp3) is 0.353. The number of halogens is 1. The number of benzene rings is 1. The number of aromatic nitrogens is 2. The first-order valence-corrected chi connectivity index (χ1v) is 8.70. The maximum absolute atomic E-state index is 12.4. The summed E-state index contributed by atoms with van der Waals surface area (Å²) in [6.45, 7) is 7.69. The maximum Gasteiger partial charge on any atom is 0.237 e. The Kier molecular flexibility index (Phi) is 6.07. The molecule has 5 nitrogen and oxygen atoms in total. The van der Waals surface area contributed by atoms with E-state index in [4.69, 9.17) is 16.3 Å². The van der Waals surface area contributed by atoms with Gasteiger partial charge in [0.1, 0.15) is 5.75 Å². The predicted octanol–water partition coefficient (Wildman–Crippen LogP) is 4.18. The van der Waals surface area contributed by atoms with Crippen molar-refractivity contribution >= 4 is 35.0 Å². The van der Waals surface area contributed by atoms with Gasteiger partial charge in [0.2, 0.25) is 5.91 Å². The van der Waals surface area contributed by atoms with Crippen molar-refractivity contribution in [2.24, 2.45) is 0 Å². The van der Waals surface area contributed by atoms with Gasteiger partial charge in [0.05, 0.1) is 17.4 Å². The lowest BCUT2D eigenvalue weighted by atomic mass is 10.2. The number of carbonyl (C=O) groups excluding carboxylic acids is 1. The van der Waals surface area contributed by atoms with Crippen LogP contribution in [-0.2, 0) is 4.79 Å². The summed E-state index contributed by atoms with van der Waals surface area (Å²) in [5, 5.41) is 3.55. The molecule has 0 aliphatic heterocycles. The van der Waals surface area contributed by atoms with E-state index in [-0.39, 0.29) is 11.2 Å². The number of thioether (sulfide) groups is 1. The summed E-state index contributed by atoms with van der Waals surface area (Å²) in [5.74, 6) is 0.428. The van der Waals surface area contributed by atoms with Gasteiger partial charge in [0.15, 0.2) is 5.16 Å². The number of hydrogen-bond acceptors (Lipinski definition) is 5. The second-order valence-corrected chi connectivity index (χ2v) is 7.12. The number of aryl methyl sites for hydroxylation is 2. The van der Waals surface area contributed by atoms with E-state index in [0.717, 1.165) is 17.0 Å². The average Bonchev–Trinajstić information content (AvgIpc) is 2.52. The molecular weight excluding hydrogens is 346 g/mol. The number of carbonyl (C=O) groups is 1. The fourth-order valence-electron chi connectivity index (χ4n) is 1.99. The molecule has 24 heavy (non-hydrogen) atoms. The lowest BCUT2D eigenvalue weighted by Crippen LogP contribution is -2.22. The number of ether oxygens (including phenoxy) is 1. The number of rotatable bonds is 5. The Morgan fingerprint density at radius 1 is 1.25 bits per heavy atom. The number of amides is 1. The molecule has 2 rings (SSSR count). The quantitative estimate of drug-likeness (QED) is 0.636. The summed E-state index contributed by atoms with van der Waals surface area (Å²) in [7, 11) is 1.55. The molecule has 0 aliphatic rings. The zero-order valence-corrected chi connectivity index (χ0v) is 15.9. The van der Waals surface area contributed by atoms with Crippen molar-refractivity contribution in [1.29, 1.82) is 0 Å². The normalized spacial score (nSPS) is 11.9. The van der Waals surface area contributed by atoms with Gasteiger partial charge in [0.25, 0.3) is 0 Å². The van der Waals surface area contributed by atoms with E-state index in [9.17, 15) is 4.79 Å². The molecule has 1 aromatic heterocycles. The van der Waals surface area contributed by atoms with Gasteiger partial charge in [-0.3, -0.25) is 4.79 Å². The highest BCUT2D eigenvalue weighted by molar-refractivity contribution is 8.00. The molecule has 1 amide bonds. The van der Waals surface area contributed by atoms with E-state index in [2.05, 4.69) is 15.3 Å². The van der Waals surface area contributed by atoms with Crippen LogP contribution in [0.2, 0.25) is 5.02 Å². The number of nitrogens with one attached hydrogen (secondary N) is 1. The summed E-state index contributed by atoms with van der Waals surface area (Å²) in [5.41, 5.74) is 3.55. The SMILES string of the molecule is COc1ccc(NC(=O)[C@H](C)Sc2nc(C)c(C)c(C)n2)cc1Cl. The molecule has 0 aliphatic carbocycles. The summed E-state index contributed by atoms with van der Waals surface area (Å²) in [4.78, 5) is 21.2. The van der Waals surface area contributed by atoms with Crippen LogP contribution in [0.3, 0.4) is 0 Å². The lowest BCUT2D eigenvalue weighted by molar-refractivity contribution is -0.115. The van der Waals surface area contributed by atoms with Gasteiger partial charge in [0, 0.05) is 17.1 Å². The third-order valence-electron chi connectivity index (χ3n) is 3.68. The standard InChI is InChI=1S/C17H20ClN3O2S/c1-9-10(2)19-17(20-11(9)3)24-12(4)16(22)21-13-6-7-15(23-5)14(18)8-13/h6-8,12H,1-5H3,(H,21,22)/t12-/m0/s1. The van der Waals surface area contributed by atoms with Gasteiger partial charge in [-0.1, -0.05) is 23.4 Å². The molecule has 0 saturated heterocycles. The van der Waals surface area contributed by atoms with Crippen molar-refractivity contribution in [2.75, 3.05) is 12.4 Å². The molecule has 128 valence electrons. The van der Waals surface area contributed by atoms with Crippen molar-refractivity contribution in [3.05, 3.63) is 40.2 Å². The Labute approximate surface area is 151 Å². The van der Waals surface area contributed by atoms with Crippen LogP contribution in [0.15, 0.2) is 23.4 Å². The molecule has 0 radical (unpaired) electrons. The average molecular weight is 366 g/mol. The second-order valence-electron chi connectivity index (χ2n) is 5.40. The number of hydrogen-bond donors (Lipinski definition) is 1. The minimum Gasteiger partial charge on any atom is -0.495 e. The van der Waals surface area contributed by atoms with Crippen molar-refractivity contribution in [1.82, 2.24) is 9.97 Å². The van der Waals surface area contributed by atoms with Crippen molar-refractivity contribution in [3.8, 4) is 5.75 Å². The summed E-state index contributed by atoms with van der Waals surface area (Å²) in [6, 6.07) is 5.12. The van der Waals surface area contributed by atoms with Crippen LogP contribution in [0.5, 0.6) is 5.75 Å². The third-order valence-corrected chi connectivity index (χ3v) is 4.94. The summed E-state index contributed by atoms with van der Waals surface area (Å²) < 4.78 is 5.10. The summed E-state index contributed by atoms with van der Waals surface area (Å²) >= 11 is 7.40. The molecule has 1 N–H and O–H groups in total. The Balaban J connectivity index is 2.06. The predicted molar refractivity (Wildman–Crippen MR) is 98.2 cm³/mol. The van der Waals surface area contributed by atoms with Gasteiger partial charge in [-0.05, 0) is 51.5 Å². The lowest BCUT2D eigenvalue weighted by Gasteiger charge is -2.13. The fourth-order valence-corrected chi connectivity index (χ4v) is 3.11. The van der Waals surface area contributed by atoms with Gasteiger partial charge >= 0.3 is 0 Å². The van der Waals surface area contributed by atoms with Gasteiger partial charge in [-0.15, -0.1) is 0 Å². The van der Waals surface area contributed by atoms with Crippen LogP contribution >= 0.6 is 23.4 Å². The van der Waals surface area contributed by atoms with Crippen molar-refractivity contribution < 1.29 is 9.53 Å². The molecule has 0 spiro atoms. The van der Waals surface area contributed by atoms with E-state index < -0.39 is 0 Å². The molecule has 1 atom stereocenters. The first-order chi connectivity index (χ1) is 11.3. The summed E-state index contributed by atoms with van der Waals surface area (Å²) in [6.07, 6.45) is 0. The Bertz CT molecular complexity index is 744. The van der Waals surface area contributed by atoms with Crippen LogP contribution < -0.4 is 10.1 Å². The first-order valence-electron chi connectivity index (χ1n) is 7.44. The minimum absolute atomic E-state index is 0.138. The number of anilines is 1. The minimum atomic E-state index is -0.340. The molecule has 0 saturated carbocycles. The van der Waals surface area contributed by atoms with E-state index in [1.807, 2.05) is 27.7 Å². The molecular formula is C17H20ClN3O2S. The van der Waals surface area contributed by atoms with Crippen molar-refractivity contribution in [3.63, 3.8) is 0 Å². The van der Waals surface area contributed by atoms with Crippen LogP contribution in [0, 0.1) is 20.8 Å². The largest absolute Gasteiger partial charge is 0.495 e. The number of methoxy groups -OCH3 is 1. The third kappa shape index (κ3) is 4.39. The molecule has 2 aromatic rings. The van der Waals surface area contributed by atoms with E-state index in [0.29, 0.717) is 21.6 Å². The molecule has 0 bridgehead atoms. The van der Waals surface area contributed by atoms with Crippen LogP contribution in [0.25, 0.3) is 0 Å². The second kappa shape index (κ2) is 7.85. The molecule has 0 unspecified atom stereocenters. The topological polar surface area (TPSA) is 64.1 Å². The van der Waals surface area contributed by atoms with E-state index in [1.165, 1.54) is 11.8 Å². The maximum atomic E-state index is 12.4. The molecule has 0 fully saturated rings. The van der Waals surface area contributed by atoms with Crippen LogP contribution in [0.4, 0.5) is 5.69 Å². The van der Waals surface area contributed by atoms with Gasteiger partial charge in [-0.25, -0.2) is 9.97 Å². The number of nitrogens with zero attached hydrogens (tertiary/aromatic N) is 2. The highest BCUT2D eigenvalue weighted by atomic mass is 35.5. The zero-order valence-electron chi connectivity index (χ0n) is 14.3. The Hall–Kier alpha value is -1.79. The first kappa shape index (κ1) is 18.5. The molecule has 1 aromatic carbocycles. The highest BCUT2D eigenvalue weighted by Crippen LogP contribution is 2.28. The van der Waals surface area contributed by atoms with E-state index >= 15 is 0 Å². The zero-order chi connectivity index (χ0) is 17.9. The molecule has 1 heterocycles. The van der Waals surface area contributed by atoms with Crippen LogP contribution in [0.1, 0.15) is 23.9 Å². The van der Waals surface area contributed by atoms with E-state index in [1.54, 1.807) is 25.3 Å².